The van der Waals surface area contributed by atoms with Gasteiger partial charge in [0.1, 0.15) is 18.7 Å². The van der Waals surface area contributed by atoms with E-state index in [0.717, 1.165) is 29.9 Å². The standard InChI is InChI=1S/C15H28N5OS/c1-6-20(7-2,8-3)11-14(21)22-10-9-13-16-12-17-15(18-13)19(4)5/h12H,6-11H2,1-5H3/q+1. The number of likely N-dealkylation sites (N-methyl/N-ethyl adjacent to an activating group) is 1. The minimum Gasteiger partial charge on any atom is -0.347 e. The SMILES string of the molecule is CC[N+](CC)(CC)CC(=O)SCCc1ncnc(N(C)C)n1. The second-order valence-corrected chi connectivity index (χ2v) is 6.67. The molecular formula is C15H28N5OS+. The summed E-state index contributed by atoms with van der Waals surface area (Å²) < 4.78 is 0.863. The van der Waals surface area contributed by atoms with Crippen LogP contribution in [0.4, 0.5) is 5.95 Å². The van der Waals surface area contributed by atoms with Crippen molar-refractivity contribution in [1.82, 2.24) is 15.0 Å². The van der Waals surface area contributed by atoms with Crippen LogP contribution in [-0.4, -0.2) is 70.6 Å². The number of hydrogen-bond acceptors (Lipinski definition) is 6. The summed E-state index contributed by atoms with van der Waals surface area (Å²) in [5, 5.41) is 0.257. The summed E-state index contributed by atoms with van der Waals surface area (Å²) in [6.45, 7) is 10.1. The first-order valence-corrected chi connectivity index (χ1v) is 8.80. The van der Waals surface area contributed by atoms with E-state index in [0.29, 0.717) is 24.7 Å². The van der Waals surface area contributed by atoms with Crippen molar-refractivity contribution in [3.63, 3.8) is 0 Å². The molecule has 0 saturated carbocycles. The maximum absolute atomic E-state index is 12.2. The van der Waals surface area contributed by atoms with Gasteiger partial charge in [-0.25, -0.2) is 9.97 Å². The molecule has 0 aliphatic heterocycles. The highest BCUT2D eigenvalue weighted by molar-refractivity contribution is 8.13. The van der Waals surface area contributed by atoms with E-state index in [4.69, 9.17) is 0 Å². The maximum Gasteiger partial charge on any atom is 0.243 e. The first-order chi connectivity index (χ1) is 10.5. The quantitative estimate of drug-likeness (QED) is 0.643. The number of carbonyl (C=O) groups is 1. The summed E-state index contributed by atoms with van der Waals surface area (Å²) in [5.41, 5.74) is 0. The predicted molar refractivity (Wildman–Crippen MR) is 92.1 cm³/mol. The molecule has 0 unspecified atom stereocenters. The van der Waals surface area contributed by atoms with E-state index in [9.17, 15) is 4.79 Å². The molecule has 0 amide bonds. The van der Waals surface area contributed by atoms with Gasteiger partial charge in [-0.1, -0.05) is 11.8 Å². The number of thioether (sulfide) groups is 1. The predicted octanol–water partition coefficient (Wildman–Crippen LogP) is 1.62. The fourth-order valence-corrected chi connectivity index (χ4v) is 3.12. The van der Waals surface area contributed by atoms with Crippen molar-refractivity contribution in [3.05, 3.63) is 12.2 Å². The van der Waals surface area contributed by atoms with Crippen LogP contribution >= 0.6 is 11.8 Å². The third-order valence-electron chi connectivity index (χ3n) is 4.07. The molecule has 0 radical (unpaired) electrons. The lowest BCUT2D eigenvalue weighted by Gasteiger charge is -2.34. The number of aromatic nitrogens is 3. The van der Waals surface area contributed by atoms with E-state index in [-0.39, 0.29) is 5.12 Å². The molecule has 1 aromatic rings. The molecule has 0 aliphatic rings. The van der Waals surface area contributed by atoms with Crippen LogP contribution in [0.1, 0.15) is 26.6 Å². The van der Waals surface area contributed by atoms with Crippen LogP contribution in [0.2, 0.25) is 0 Å². The van der Waals surface area contributed by atoms with Gasteiger partial charge >= 0.3 is 0 Å². The zero-order valence-electron chi connectivity index (χ0n) is 14.4. The minimum atomic E-state index is 0.257. The second kappa shape index (κ2) is 9.05. The Bertz CT molecular complexity index is 468. The van der Waals surface area contributed by atoms with Gasteiger partial charge in [-0.05, 0) is 20.8 Å². The normalized spacial score (nSPS) is 11.5. The zero-order valence-corrected chi connectivity index (χ0v) is 15.2. The Morgan fingerprint density at radius 2 is 1.82 bits per heavy atom. The second-order valence-electron chi connectivity index (χ2n) is 5.52. The number of nitrogens with zero attached hydrogens (tertiary/aromatic N) is 5. The van der Waals surface area contributed by atoms with Crippen molar-refractivity contribution < 1.29 is 9.28 Å². The molecule has 6 nitrogen and oxygen atoms in total. The van der Waals surface area contributed by atoms with Crippen LogP contribution in [0.5, 0.6) is 0 Å². The highest BCUT2D eigenvalue weighted by atomic mass is 32.2. The van der Waals surface area contributed by atoms with Gasteiger partial charge in [0, 0.05) is 26.3 Å². The summed E-state index contributed by atoms with van der Waals surface area (Å²) in [6, 6.07) is 0. The van der Waals surface area contributed by atoms with Crippen molar-refractivity contribution in [1.29, 1.82) is 0 Å². The van der Waals surface area contributed by atoms with Crippen molar-refractivity contribution in [2.75, 3.05) is 50.9 Å². The Hall–Kier alpha value is -1.21. The Morgan fingerprint density at radius 3 is 2.36 bits per heavy atom. The van der Waals surface area contributed by atoms with Gasteiger partial charge in [0.15, 0.2) is 0 Å². The lowest BCUT2D eigenvalue weighted by Crippen LogP contribution is -2.50. The summed E-state index contributed by atoms with van der Waals surface area (Å²) in [6.07, 6.45) is 2.21. The van der Waals surface area contributed by atoms with E-state index >= 15 is 0 Å². The van der Waals surface area contributed by atoms with Gasteiger partial charge in [-0.15, -0.1) is 0 Å². The molecule has 1 rings (SSSR count). The molecule has 0 fully saturated rings. The first-order valence-electron chi connectivity index (χ1n) is 7.82. The van der Waals surface area contributed by atoms with E-state index in [1.54, 1.807) is 0 Å². The van der Waals surface area contributed by atoms with Gasteiger partial charge in [0.05, 0.1) is 19.6 Å². The molecule has 7 heteroatoms. The maximum atomic E-state index is 12.2. The molecule has 0 aromatic carbocycles. The molecule has 0 N–H and O–H groups in total. The first kappa shape index (κ1) is 18.8. The molecule has 0 spiro atoms. The van der Waals surface area contributed by atoms with Crippen LogP contribution in [0.15, 0.2) is 6.33 Å². The Morgan fingerprint density at radius 1 is 1.18 bits per heavy atom. The number of aryl methyl sites for hydroxylation is 1. The van der Waals surface area contributed by atoms with E-state index in [1.165, 1.54) is 18.1 Å². The van der Waals surface area contributed by atoms with Gasteiger partial charge in [-0.2, -0.15) is 4.98 Å². The number of anilines is 1. The topological polar surface area (TPSA) is 59.0 Å². The van der Waals surface area contributed by atoms with Crippen LogP contribution in [0.25, 0.3) is 0 Å². The monoisotopic (exact) mass is 326 g/mol. The number of quaternary nitrogens is 1. The van der Waals surface area contributed by atoms with Crippen molar-refractivity contribution in [2.45, 2.75) is 27.2 Å². The van der Waals surface area contributed by atoms with Crippen LogP contribution in [0.3, 0.4) is 0 Å². The Labute approximate surface area is 137 Å². The van der Waals surface area contributed by atoms with Crippen molar-refractivity contribution in [2.24, 2.45) is 0 Å². The summed E-state index contributed by atoms with van der Waals surface area (Å²) in [4.78, 5) is 26.7. The molecule has 0 aliphatic carbocycles. The average Bonchev–Trinajstić information content (AvgIpc) is 2.53. The lowest BCUT2D eigenvalue weighted by atomic mass is 10.3. The van der Waals surface area contributed by atoms with Gasteiger partial charge < -0.3 is 9.38 Å². The summed E-state index contributed by atoms with van der Waals surface area (Å²) in [7, 11) is 3.80. The Kier molecular flexibility index (Phi) is 7.75. The molecule has 0 atom stereocenters. The molecule has 124 valence electrons. The van der Waals surface area contributed by atoms with Gasteiger partial charge in [0.25, 0.3) is 0 Å². The summed E-state index contributed by atoms with van der Waals surface area (Å²) in [5.74, 6) is 2.11. The van der Waals surface area contributed by atoms with Gasteiger partial charge in [0.2, 0.25) is 11.1 Å². The fourth-order valence-electron chi connectivity index (χ4n) is 2.24. The Balaban J connectivity index is 2.47. The molecule has 1 aromatic heterocycles. The van der Waals surface area contributed by atoms with E-state index in [2.05, 4.69) is 35.7 Å². The van der Waals surface area contributed by atoms with Crippen LogP contribution in [-0.2, 0) is 11.2 Å². The highest BCUT2D eigenvalue weighted by Gasteiger charge is 2.24. The molecule has 1 heterocycles. The van der Waals surface area contributed by atoms with Crippen LogP contribution in [0, 0.1) is 0 Å². The highest BCUT2D eigenvalue weighted by Crippen LogP contribution is 2.13. The third kappa shape index (κ3) is 5.53. The zero-order chi connectivity index (χ0) is 16.6. The lowest BCUT2D eigenvalue weighted by molar-refractivity contribution is -0.915. The van der Waals surface area contributed by atoms with Crippen LogP contribution < -0.4 is 4.90 Å². The number of hydrogen-bond donors (Lipinski definition) is 0. The molecular weight excluding hydrogens is 298 g/mol. The number of carbonyl (C=O) groups excluding carboxylic acids is 1. The molecule has 22 heavy (non-hydrogen) atoms. The summed E-state index contributed by atoms with van der Waals surface area (Å²) >= 11 is 1.39. The molecule has 0 saturated heterocycles. The van der Waals surface area contributed by atoms with Gasteiger partial charge in [-0.3, -0.25) is 4.79 Å². The fraction of sp³-hybridized carbons (Fsp3) is 0.733. The van der Waals surface area contributed by atoms with Crippen molar-refractivity contribution in [3.8, 4) is 0 Å². The number of rotatable bonds is 9. The molecule has 0 bridgehead atoms. The van der Waals surface area contributed by atoms with E-state index < -0.39 is 0 Å². The van der Waals surface area contributed by atoms with E-state index in [1.807, 2.05) is 19.0 Å². The smallest absolute Gasteiger partial charge is 0.243 e. The third-order valence-corrected chi connectivity index (χ3v) is 4.93. The average molecular weight is 326 g/mol. The minimum absolute atomic E-state index is 0.257. The largest absolute Gasteiger partial charge is 0.347 e. The van der Waals surface area contributed by atoms with Crippen molar-refractivity contribution >= 4 is 22.8 Å².